The summed E-state index contributed by atoms with van der Waals surface area (Å²) in [6.07, 6.45) is 0. The van der Waals surface area contributed by atoms with Crippen molar-refractivity contribution in [1.29, 1.82) is 0 Å². The Kier molecular flexibility index (Phi) is 6.69. The van der Waals surface area contributed by atoms with Gasteiger partial charge in [0.2, 0.25) is 0 Å². The predicted molar refractivity (Wildman–Crippen MR) is 117 cm³/mol. The lowest BCUT2D eigenvalue weighted by molar-refractivity contribution is 0.256. The Bertz CT molecular complexity index is 1190. The third-order valence-corrected chi connectivity index (χ3v) is 4.78. The van der Waals surface area contributed by atoms with Gasteiger partial charge in [0.1, 0.15) is 6.61 Å². The minimum absolute atomic E-state index is 0. The Morgan fingerprint density at radius 3 is 2.53 bits per heavy atom. The van der Waals surface area contributed by atoms with Gasteiger partial charge in [-0.05, 0) is 53.9 Å². The van der Waals surface area contributed by atoms with E-state index in [0.29, 0.717) is 35.4 Å². The molecule has 0 radical (unpaired) electrons. The summed E-state index contributed by atoms with van der Waals surface area (Å²) in [5.41, 5.74) is 4.26. The zero-order chi connectivity index (χ0) is 20.2. The number of carbonyl (C=O) groups excluding carboxylic acids is 1. The second-order valence-electron chi connectivity index (χ2n) is 6.76. The molecule has 0 aliphatic carbocycles. The average molecular weight is 424 g/mol. The summed E-state index contributed by atoms with van der Waals surface area (Å²) >= 11 is 0. The standard InChI is InChI=1S/C23H21N3O3.ClH/c1-15-5-3-4-6-17(15)14-29-21-10-7-16(11-22(21)28-2)13-24-18-8-9-19-20(12-18)26-23(27)25-19;/h3-12,24H,13-14H2,1-2H3;1H. The number of ether oxygens (including phenoxy) is 2. The SMILES string of the molecule is COc1cc(CNc2ccc3c(c2)=NC(=O)N=3)ccc1OCc1ccccc1C.Cl. The molecule has 7 heteroatoms. The van der Waals surface area contributed by atoms with Gasteiger partial charge in [-0.15, -0.1) is 12.4 Å². The normalized spacial score (nSPS) is 11.6. The van der Waals surface area contributed by atoms with Crippen LogP contribution in [-0.4, -0.2) is 13.1 Å². The lowest BCUT2D eigenvalue weighted by atomic mass is 10.1. The molecule has 4 rings (SSSR count). The number of rotatable bonds is 7. The molecule has 1 aliphatic heterocycles. The maximum atomic E-state index is 11.3. The lowest BCUT2D eigenvalue weighted by Crippen LogP contribution is -2.21. The summed E-state index contributed by atoms with van der Waals surface area (Å²) in [6.45, 7) is 3.16. The number of carbonyl (C=O) groups is 1. The second kappa shape index (κ2) is 9.41. The average Bonchev–Trinajstić information content (AvgIpc) is 3.11. The number of nitrogens with one attached hydrogen (secondary N) is 1. The molecule has 1 aliphatic rings. The van der Waals surface area contributed by atoms with Gasteiger partial charge in [-0.1, -0.05) is 30.3 Å². The fourth-order valence-corrected chi connectivity index (χ4v) is 3.12. The highest BCUT2D eigenvalue weighted by molar-refractivity contribution is 5.85. The van der Waals surface area contributed by atoms with E-state index in [1.54, 1.807) is 13.2 Å². The molecule has 0 aromatic heterocycles. The quantitative estimate of drug-likeness (QED) is 0.623. The van der Waals surface area contributed by atoms with E-state index in [1.165, 1.54) is 5.56 Å². The van der Waals surface area contributed by atoms with Crippen molar-refractivity contribution < 1.29 is 14.3 Å². The van der Waals surface area contributed by atoms with Crippen molar-refractivity contribution in [3.63, 3.8) is 0 Å². The molecule has 6 nitrogen and oxygen atoms in total. The van der Waals surface area contributed by atoms with Crippen molar-refractivity contribution in [2.45, 2.75) is 20.1 Å². The maximum absolute atomic E-state index is 11.3. The Morgan fingerprint density at radius 1 is 0.933 bits per heavy atom. The molecular formula is C23H22ClN3O3. The van der Waals surface area contributed by atoms with Crippen LogP contribution >= 0.6 is 12.4 Å². The highest BCUT2D eigenvalue weighted by Crippen LogP contribution is 2.29. The van der Waals surface area contributed by atoms with E-state index >= 15 is 0 Å². The molecule has 0 fully saturated rings. The van der Waals surface area contributed by atoms with Crippen LogP contribution in [0.5, 0.6) is 11.5 Å². The zero-order valence-corrected chi connectivity index (χ0v) is 17.5. The predicted octanol–water partition coefficient (Wildman–Crippen LogP) is 3.99. The summed E-state index contributed by atoms with van der Waals surface area (Å²) in [4.78, 5) is 19.0. The number of benzene rings is 3. The van der Waals surface area contributed by atoms with Crippen molar-refractivity contribution in [3.8, 4) is 11.5 Å². The van der Waals surface area contributed by atoms with Crippen LogP contribution in [0.2, 0.25) is 0 Å². The summed E-state index contributed by atoms with van der Waals surface area (Å²) in [7, 11) is 1.63. The molecule has 0 bridgehead atoms. The van der Waals surface area contributed by atoms with Crippen LogP contribution in [0.15, 0.2) is 70.6 Å². The van der Waals surface area contributed by atoms with E-state index in [-0.39, 0.29) is 12.4 Å². The Morgan fingerprint density at radius 2 is 1.73 bits per heavy atom. The minimum atomic E-state index is -0.455. The highest BCUT2D eigenvalue weighted by atomic mass is 35.5. The number of fused-ring (bicyclic) bond motifs is 1. The van der Waals surface area contributed by atoms with E-state index in [0.717, 1.165) is 16.8 Å². The number of nitrogens with zero attached hydrogens (tertiary/aromatic N) is 2. The van der Waals surface area contributed by atoms with E-state index < -0.39 is 6.03 Å². The Hall–Kier alpha value is -3.38. The number of hydrogen-bond acceptors (Lipinski definition) is 4. The van der Waals surface area contributed by atoms with E-state index in [1.807, 2.05) is 42.5 Å². The first-order valence-corrected chi connectivity index (χ1v) is 9.32. The number of hydrogen-bond donors (Lipinski definition) is 1. The van der Waals surface area contributed by atoms with Crippen LogP contribution in [-0.2, 0) is 13.2 Å². The van der Waals surface area contributed by atoms with Gasteiger partial charge in [0.15, 0.2) is 11.5 Å². The first kappa shape index (κ1) is 21.3. The first-order valence-electron chi connectivity index (χ1n) is 9.32. The number of aryl methyl sites for hydroxylation is 1. The van der Waals surface area contributed by atoms with Crippen molar-refractivity contribution in [1.82, 2.24) is 0 Å². The Labute approximate surface area is 180 Å². The lowest BCUT2D eigenvalue weighted by Gasteiger charge is -2.14. The monoisotopic (exact) mass is 423 g/mol. The van der Waals surface area contributed by atoms with Crippen molar-refractivity contribution in [3.05, 3.63) is 88.1 Å². The highest BCUT2D eigenvalue weighted by Gasteiger charge is 2.08. The Balaban J connectivity index is 0.00000256. The van der Waals surface area contributed by atoms with E-state index in [2.05, 4.69) is 34.4 Å². The minimum Gasteiger partial charge on any atom is -0.493 e. The summed E-state index contributed by atoms with van der Waals surface area (Å²) in [5.74, 6) is 1.39. The topological polar surface area (TPSA) is 72.3 Å². The zero-order valence-electron chi connectivity index (χ0n) is 16.7. The fourth-order valence-electron chi connectivity index (χ4n) is 3.12. The molecule has 3 aromatic rings. The van der Waals surface area contributed by atoms with Crippen LogP contribution in [0.25, 0.3) is 0 Å². The molecule has 0 spiro atoms. The van der Waals surface area contributed by atoms with Crippen molar-refractivity contribution in [2.24, 2.45) is 9.98 Å². The van der Waals surface area contributed by atoms with Gasteiger partial charge in [0.05, 0.1) is 17.8 Å². The molecule has 0 saturated carbocycles. The summed E-state index contributed by atoms with van der Waals surface area (Å²) < 4.78 is 11.5. The van der Waals surface area contributed by atoms with Crippen molar-refractivity contribution in [2.75, 3.05) is 12.4 Å². The number of anilines is 1. The van der Waals surface area contributed by atoms with Gasteiger partial charge in [-0.25, -0.2) is 4.79 Å². The molecule has 0 saturated heterocycles. The van der Waals surface area contributed by atoms with Crippen LogP contribution in [0.3, 0.4) is 0 Å². The van der Waals surface area contributed by atoms with Gasteiger partial charge >= 0.3 is 6.03 Å². The van der Waals surface area contributed by atoms with Gasteiger partial charge < -0.3 is 14.8 Å². The summed E-state index contributed by atoms with van der Waals surface area (Å²) in [5, 5.41) is 4.54. The molecule has 1 N–H and O–H groups in total. The number of methoxy groups -OCH3 is 1. The van der Waals surface area contributed by atoms with Crippen LogP contribution in [0.1, 0.15) is 16.7 Å². The number of halogens is 1. The molecule has 30 heavy (non-hydrogen) atoms. The molecule has 1 heterocycles. The van der Waals surface area contributed by atoms with Gasteiger partial charge in [0.25, 0.3) is 0 Å². The molecule has 0 unspecified atom stereocenters. The van der Waals surface area contributed by atoms with Gasteiger partial charge in [-0.3, -0.25) is 0 Å². The fraction of sp³-hybridized carbons (Fsp3) is 0.174. The molecule has 154 valence electrons. The molecule has 2 amide bonds. The largest absolute Gasteiger partial charge is 0.493 e. The first-order chi connectivity index (χ1) is 14.1. The number of amides is 2. The second-order valence-corrected chi connectivity index (χ2v) is 6.76. The van der Waals surface area contributed by atoms with Crippen LogP contribution in [0, 0.1) is 6.92 Å². The molecule has 3 aromatic carbocycles. The third kappa shape index (κ3) is 4.78. The summed E-state index contributed by atoms with van der Waals surface area (Å²) in [6, 6.07) is 19.1. The molecule has 0 atom stereocenters. The van der Waals surface area contributed by atoms with E-state index in [4.69, 9.17) is 9.47 Å². The van der Waals surface area contributed by atoms with Crippen LogP contribution in [0.4, 0.5) is 10.5 Å². The number of urea groups is 1. The molecular weight excluding hydrogens is 402 g/mol. The third-order valence-electron chi connectivity index (χ3n) is 4.78. The smallest absolute Gasteiger partial charge is 0.368 e. The van der Waals surface area contributed by atoms with Crippen molar-refractivity contribution >= 4 is 24.1 Å². The van der Waals surface area contributed by atoms with Gasteiger partial charge in [0, 0.05) is 12.2 Å². The van der Waals surface area contributed by atoms with E-state index in [9.17, 15) is 4.79 Å². The maximum Gasteiger partial charge on any atom is 0.368 e. The van der Waals surface area contributed by atoms with Gasteiger partial charge in [-0.2, -0.15) is 9.98 Å². The van der Waals surface area contributed by atoms with Crippen LogP contribution < -0.4 is 25.5 Å².